The van der Waals surface area contributed by atoms with Crippen molar-refractivity contribution in [2.45, 2.75) is 103 Å². The van der Waals surface area contributed by atoms with Crippen LogP contribution in [0.25, 0.3) is 0 Å². The predicted molar refractivity (Wildman–Crippen MR) is 79.8 cm³/mol. The van der Waals surface area contributed by atoms with Crippen LogP contribution < -0.4 is 0 Å². The van der Waals surface area contributed by atoms with Gasteiger partial charge in [0.05, 0.1) is 5.60 Å². The normalized spacial score (nSPS) is 26.5. The van der Waals surface area contributed by atoms with Gasteiger partial charge < -0.3 is 5.11 Å². The number of hydrogen-bond donors (Lipinski definition) is 1. The zero-order valence-electron chi connectivity index (χ0n) is 12.7. The van der Waals surface area contributed by atoms with Gasteiger partial charge in [0.25, 0.3) is 0 Å². The van der Waals surface area contributed by atoms with Gasteiger partial charge in [0.2, 0.25) is 0 Å². The summed E-state index contributed by atoms with van der Waals surface area (Å²) in [6.45, 7) is 4.49. The quantitative estimate of drug-likeness (QED) is 0.459. The Morgan fingerprint density at radius 2 is 1.39 bits per heavy atom. The Kier molecular flexibility index (Phi) is 7.97. The number of hydrogen-bond acceptors (Lipinski definition) is 1. The molecule has 0 spiro atoms. The van der Waals surface area contributed by atoms with Gasteiger partial charge in [0.1, 0.15) is 0 Å². The third-order valence-corrected chi connectivity index (χ3v) is 4.55. The molecule has 1 aliphatic carbocycles. The van der Waals surface area contributed by atoms with Crippen molar-refractivity contribution >= 4 is 0 Å². The van der Waals surface area contributed by atoms with Crippen LogP contribution in [0, 0.1) is 5.92 Å². The van der Waals surface area contributed by atoms with Gasteiger partial charge in [-0.15, -0.1) is 0 Å². The van der Waals surface area contributed by atoms with Gasteiger partial charge in [-0.3, -0.25) is 0 Å². The fourth-order valence-electron chi connectivity index (χ4n) is 3.13. The second-order valence-electron chi connectivity index (χ2n) is 6.37. The molecule has 108 valence electrons. The van der Waals surface area contributed by atoms with E-state index in [4.69, 9.17) is 0 Å². The largest absolute Gasteiger partial charge is 0.390 e. The van der Waals surface area contributed by atoms with E-state index >= 15 is 0 Å². The summed E-state index contributed by atoms with van der Waals surface area (Å²) in [5, 5.41) is 10.2. The number of unbranched alkanes of at least 4 members (excludes halogenated alkanes) is 8. The minimum Gasteiger partial charge on any atom is -0.390 e. The molecule has 1 N–H and O–H groups in total. The summed E-state index contributed by atoms with van der Waals surface area (Å²) in [5.41, 5.74) is -0.239. The Hall–Kier alpha value is -0.0400. The van der Waals surface area contributed by atoms with Crippen molar-refractivity contribution < 1.29 is 5.11 Å². The summed E-state index contributed by atoms with van der Waals surface area (Å²) in [6, 6.07) is 0. The van der Waals surface area contributed by atoms with Crippen LogP contribution in [-0.2, 0) is 0 Å². The molecule has 2 unspecified atom stereocenters. The molecule has 0 aromatic rings. The van der Waals surface area contributed by atoms with Crippen LogP contribution >= 0.6 is 0 Å². The molecule has 1 saturated carbocycles. The molecule has 0 aromatic heterocycles. The molecule has 0 amide bonds. The first-order valence-electron chi connectivity index (χ1n) is 8.45. The summed E-state index contributed by atoms with van der Waals surface area (Å²) in [5.74, 6) is 0.636. The van der Waals surface area contributed by atoms with Gasteiger partial charge in [0, 0.05) is 0 Å². The summed E-state index contributed by atoms with van der Waals surface area (Å²) >= 11 is 0. The van der Waals surface area contributed by atoms with Crippen LogP contribution in [0.4, 0.5) is 0 Å². The van der Waals surface area contributed by atoms with E-state index in [-0.39, 0.29) is 5.60 Å². The molecule has 1 rings (SSSR count). The lowest BCUT2D eigenvalue weighted by atomic mass is 10.0. The summed E-state index contributed by atoms with van der Waals surface area (Å²) in [6.07, 6.45) is 17.0. The first kappa shape index (κ1) is 16.0. The Morgan fingerprint density at radius 1 is 0.833 bits per heavy atom. The molecule has 1 heteroatoms. The zero-order chi connectivity index (χ0) is 13.3. The second kappa shape index (κ2) is 8.96. The summed E-state index contributed by atoms with van der Waals surface area (Å²) in [4.78, 5) is 0. The van der Waals surface area contributed by atoms with E-state index in [1.807, 2.05) is 0 Å². The van der Waals surface area contributed by atoms with E-state index in [0.717, 1.165) is 12.8 Å². The average molecular weight is 254 g/mol. The Bertz CT molecular complexity index is 202. The fraction of sp³-hybridized carbons (Fsp3) is 1.00. The fourth-order valence-corrected chi connectivity index (χ4v) is 3.13. The minimum atomic E-state index is -0.239. The maximum Gasteiger partial charge on any atom is 0.0680 e. The maximum atomic E-state index is 10.2. The lowest BCUT2D eigenvalue weighted by molar-refractivity contribution is 0.115. The summed E-state index contributed by atoms with van der Waals surface area (Å²) < 4.78 is 0. The summed E-state index contributed by atoms with van der Waals surface area (Å²) in [7, 11) is 0. The SMILES string of the molecule is CCCCCCCCCCCC1(O)CC1CCC. The van der Waals surface area contributed by atoms with Crippen molar-refractivity contribution in [2.24, 2.45) is 5.92 Å². The van der Waals surface area contributed by atoms with Crippen LogP contribution in [-0.4, -0.2) is 10.7 Å². The molecule has 2 atom stereocenters. The molecule has 0 heterocycles. The second-order valence-corrected chi connectivity index (χ2v) is 6.37. The first-order chi connectivity index (χ1) is 8.73. The van der Waals surface area contributed by atoms with Crippen molar-refractivity contribution in [1.82, 2.24) is 0 Å². The van der Waals surface area contributed by atoms with Crippen molar-refractivity contribution in [3.05, 3.63) is 0 Å². The van der Waals surface area contributed by atoms with Gasteiger partial charge in [-0.1, -0.05) is 78.1 Å². The Morgan fingerprint density at radius 3 is 1.94 bits per heavy atom. The third kappa shape index (κ3) is 6.22. The van der Waals surface area contributed by atoms with E-state index in [1.54, 1.807) is 0 Å². The molecule has 0 radical (unpaired) electrons. The van der Waals surface area contributed by atoms with E-state index in [1.165, 1.54) is 70.6 Å². The van der Waals surface area contributed by atoms with Crippen LogP contribution in [0.2, 0.25) is 0 Å². The van der Waals surface area contributed by atoms with Crippen molar-refractivity contribution in [3.8, 4) is 0 Å². The lowest BCUT2D eigenvalue weighted by Gasteiger charge is -2.09. The van der Waals surface area contributed by atoms with Gasteiger partial charge in [0.15, 0.2) is 0 Å². The zero-order valence-corrected chi connectivity index (χ0v) is 12.7. The van der Waals surface area contributed by atoms with Gasteiger partial charge >= 0.3 is 0 Å². The van der Waals surface area contributed by atoms with Crippen molar-refractivity contribution in [2.75, 3.05) is 0 Å². The molecular formula is C17H34O. The molecule has 0 saturated heterocycles. The van der Waals surface area contributed by atoms with Gasteiger partial charge in [-0.05, 0) is 25.2 Å². The molecule has 0 aromatic carbocycles. The standard InChI is InChI=1S/C17H34O/c1-3-5-6-7-8-9-10-11-12-14-17(18)15-16(17)13-4-2/h16,18H,3-15H2,1-2H3. The monoisotopic (exact) mass is 254 g/mol. The van der Waals surface area contributed by atoms with Crippen LogP contribution in [0.1, 0.15) is 97.3 Å². The van der Waals surface area contributed by atoms with Crippen LogP contribution in [0.3, 0.4) is 0 Å². The van der Waals surface area contributed by atoms with Crippen molar-refractivity contribution in [1.29, 1.82) is 0 Å². The molecule has 1 aliphatic rings. The molecular weight excluding hydrogens is 220 g/mol. The van der Waals surface area contributed by atoms with Gasteiger partial charge in [-0.2, -0.15) is 0 Å². The maximum absolute atomic E-state index is 10.2. The molecule has 18 heavy (non-hydrogen) atoms. The van der Waals surface area contributed by atoms with E-state index in [0.29, 0.717) is 5.92 Å². The van der Waals surface area contributed by atoms with Crippen molar-refractivity contribution in [3.63, 3.8) is 0 Å². The number of rotatable bonds is 12. The molecule has 0 aliphatic heterocycles. The topological polar surface area (TPSA) is 20.2 Å². The highest BCUT2D eigenvalue weighted by Crippen LogP contribution is 2.49. The third-order valence-electron chi connectivity index (χ3n) is 4.55. The van der Waals surface area contributed by atoms with Gasteiger partial charge in [-0.25, -0.2) is 0 Å². The minimum absolute atomic E-state index is 0.239. The van der Waals surface area contributed by atoms with Crippen LogP contribution in [0.15, 0.2) is 0 Å². The van der Waals surface area contributed by atoms with E-state index in [2.05, 4.69) is 13.8 Å². The van der Waals surface area contributed by atoms with Crippen LogP contribution in [0.5, 0.6) is 0 Å². The smallest absolute Gasteiger partial charge is 0.0680 e. The molecule has 1 nitrogen and oxygen atoms in total. The average Bonchev–Trinajstić information content (AvgIpc) is 2.99. The first-order valence-corrected chi connectivity index (χ1v) is 8.45. The van der Waals surface area contributed by atoms with E-state index < -0.39 is 0 Å². The Balaban J connectivity index is 1.82. The number of aliphatic hydroxyl groups is 1. The molecule has 0 bridgehead atoms. The predicted octanol–water partition coefficient (Wildman–Crippen LogP) is 5.46. The lowest BCUT2D eigenvalue weighted by Crippen LogP contribution is -2.10. The highest BCUT2D eigenvalue weighted by molar-refractivity contribution is 5.02. The molecule has 1 fully saturated rings. The van der Waals surface area contributed by atoms with E-state index in [9.17, 15) is 5.11 Å². The highest BCUT2D eigenvalue weighted by Gasteiger charge is 2.50. The highest BCUT2D eigenvalue weighted by atomic mass is 16.3. The Labute approximate surface area is 114 Å².